The van der Waals surface area contributed by atoms with Crippen LogP contribution >= 0.6 is 0 Å². The lowest BCUT2D eigenvalue weighted by atomic mass is 9.79. The van der Waals surface area contributed by atoms with Crippen LogP contribution in [0.1, 0.15) is 34.9 Å². The highest BCUT2D eigenvalue weighted by atomic mass is 16.2. The molecule has 150 valence electrons. The molecule has 30 heavy (non-hydrogen) atoms. The largest absolute Gasteiger partial charge is 0.370 e. The maximum atomic E-state index is 13.8. The molecular weight excluding hydrogens is 378 g/mol. The van der Waals surface area contributed by atoms with Crippen LogP contribution in [0, 0.1) is 5.92 Å². The number of imide groups is 1. The van der Waals surface area contributed by atoms with E-state index in [-0.39, 0.29) is 11.7 Å². The molecule has 0 saturated carbocycles. The molecule has 0 bridgehead atoms. The lowest BCUT2D eigenvalue weighted by Gasteiger charge is -2.26. The van der Waals surface area contributed by atoms with Crippen molar-refractivity contribution >= 4 is 34.2 Å². The van der Waals surface area contributed by atoms with E-state index in [1.54, 1.807) is 6.20 Å². The maximum Gasteiger partial charge on any atom is 0.238 e. The molecule has 6 heteroatoms. The predicted octanol–water partition coefficient (Wildman–Crippen LogP) is 2.64. The average Bonchev–Trinajstić information content (AvgIpc) is 3.42. The van der Waals surface area contributed by atoms with Gasteiger partial charge in [-0.3, -0.25) is 19.7 Å². The molecule has 1 saturated heterocycles. The minimum atomic E-state index is -1.00. The first-order chi connectivity index (χ1) is 14.6. The number of aryl methyl sites for hydroxylation is 1. The number of rotatable bonds is 3. The fourth-order valence-corrected chi connectivity index (χ4v) is 5.56. The Morgan fingerprint density at radius 2 is 1.87 bits per heavy atom. The number of ketones is 1. The van der Waals surface area contributed by atoms with Crippen molar-refractivity contribution in [2.24, 2.45) is 5.92 Å². The molecule has 1 fully saturated rings. The number of aromatic amines is 1. The second-order valence-corrected chi connectivity index (χ2v) is 8.46. The fraction of sp³-hybridized carbons (Fsp3) is 0.292. The van der Waals surface area contributed by atoms with Crippen LogP contribution in [0.15, 0.2) is 48.7 Å². The topological polar surface area (TPSA) is 82.3 Å². The van der Waals surface area contributed by atoms with Crippen LogP contribution in [-0.4, -0.2) is 35.7 Å². The van der Waals surface area contributed by atoms with E-state index in [9.17, 15) is 14.4 Å². The number of amides is 2. The second kappa shape index (κ2) is 6.29. The summed E-state index contributed by atoms with van der Waals surface area (Å²) in [6.45, 7) is 1.51. The lowest BCUT2D eigenvalue weighted by molar-refractivity contribution is -0.132. The van der Waals surface area contributed by atoms with E-state index in [0.717, 1.165) is 41.5 Å². The molecule has 3 aromatic rings. The Kier molecular flexibility index (Phi) is 3.66. The maximum absolute atomic E-state index is 13.8. The second-order valence-electron chi connectivity index (χ2n) is 8.46. The summed E-state index contributed by atoms with van der Waals surface area (Å²) in [5, 5.41) is 3.29. The first kappa shape index (κ1) is 17.4. The van der Waals surface area contributed by atoms with E-state index in [2.05, 4.69) is 21.3 Å². The Hall–Kier alpha value is -3.41. The lowest BCUT2D eigenvalue weighted by Crippen LogP contribution is -2.34. The highest BCUT2D eigenvalue weighted by Crippen LogP contribution is 2.45. The van der Waals surface area contributed by atoms with E-state index < -0.39 is 23.7 Å². The van der Waals surface area contributed by atoms with Crippen LogP contribution in [-0.2, 0) is 20.8 Å². The van der Waals surface area contributed by atoms with Crippen LogP contribution in [0.25, 0.3) is 10.9 Å². The van der Waals surface area contributed by atoms with Crippen molar-refractivity contribution in [3.8, 4) is 0 Å². The van der Waals surface area contributed by atoms with Crippen molar-refractivity contribution in [2.45, 2.75) is 24.7 Å². The van der Waals surface area contributed by atoms with Crippen molar-refractivity contribution in [1.82, 2.24) is 10.3 Å². The molecule has 6 rings (SSSR count). The van der Waals surface area contributed by atoms with Crippen LogP contribution in [0.2, 0.25) is 0 Å². The van der Waals surface area contributed by atoms with Gasteiger partial charge in [-0.15, -0.1) is 0 Å². The number of H-pyrrole nitrogens is 1. The highest BCUT2D eigenvalue weighted by Gasteiger charge is 2.51. The number of hydrogen-bond donors (Lipinski definition) is 2. The first-order valence-corrected chi connectivity index (χ1v) is 10.4. The number of para-hydroxylation sites is 2. The van der Waals surface area contributed by atoms with Crippen LogP contribution in [0.5, 0.6) is 0 Å². The van der Waals surface area contributed by atoms with Crippen LogP contribution < -0.4 is 10.2 Å². The molecule has 4 heterocycles. The Morgan fingerprint density at radius 3 is 2.77 bits per heavy atom. The zero-order valence-corrected chi connectivity index (χ0v) is 16.4. The Bertz CT molecular complexity index is 1230. The smallest absolute Gasteiger partial charge is 0.238 e. The first-order valence-electron chi connectivity index (χ1n) is 10.4. The van der Waals surface area contributed by atoms with Gasteiger partial charge in [-0.05, 0) is 35.6 Å². The van der Waals surface area contributed by atoms with E-state index in [4.69, 9.17) is 0 Å². The number of benzene rings is 2. The summed E-state index contributed by atoms with van der Waals surface area (Å²) in [5.74, 6) is -3.21. The summed E-state index contributed by atoms with van der Waals surface area (Å²) in [6, 6.07) is 13.8. The van der Waals surface area contributed by atoms with Gasteiger partial charge >= 0.3 is 0 Å². The molecule has 1 unspecified atom stereocenters. The van der Waals surface area contributed by atoms with Gasteiger partial charge in [0.2, 0.25) is 11.8 Å². The van der Waals surface area contributed by atoms with Gasteiger partial charge in [0.05, 0.1) is 11.8 Å². The minimum absolute atomic E-state index is 0.156. The normalized spacial score (nSPS) is 24.9. The Balaban J connectivity index is 1.42. The van der Waals surface area contributed by atoms with Crippen molar-refractivity contribution in [3.05, 3.63) is 65.4 Å². The molecule has 0 spiro atoms. The van der Waals surface area contributed by atoms with Gasteiger partial charge in [-0.25, -0.2) is 0 Å². The third-order valence-electron chi connectivity index (χ3n) is 6.87. The number of anilines is 1. The molecule has 2 amide bonds. The molecule has 6 nitrogen and oxygen atoms in total. The summed E-state index contributed by atoms with van der Waals surface area (Å²) < 4.78 is 0. The van der Waals surface area contributed by atoms with E-state index >= 15 is 0 Å². The van der Waals surface area contributed by atoms with E-state index in [1.165, 1.54) is 5.56 Å². The number of Topliss-reactive ketones (excluding diaryl/α,β-unsaturated/α-hetero) is 1. The van der Waals surface area contributed by atoms with Gasteiger partial charge in [0, 0.05) is 35.9 Å². The van der Waals surface area contributed by atoms with Gasteiger partial charge in [-0.1, -0.05) is 36.4 Å². The monoisotopic (exact) mass is 399 g/mol. The van der Waals surface area contributed by atoms with Crippen LogP contribution in [0.3, 0.4) is 0 Å². The number of nitrogens with zero attached hydrogens (tertiary/aromatic N) is 1. The third-order valence-corrected chi connectivity index (χ3v) is 6.87. The van der Waals surface area contributed by atoms with E-state index in [0.29, 0.717) is 12.1 Å². The average molecular weight is 399 g/mol. The van der Waals surface area contributed by atoms with Crippen molar-refractivity contribution < 1.29 is 14.4 Å². The molecule has 1 aromatic heterocycles. The number of aromatic nitrogens is 1. The molecule has 0 radical (unpaired) electrons. The van der Waals surface area contributed by atoms with Gasteiger partial charge in [-0.2, -0.15) is 0 Å². The molecule has 2 N–H and O–H groups in total. The van der Waals surface area contributed by atoms with Crippen molar-refractivity contribution in [2.75, 3.05) is 18.0 Å². The summed E-state index contributed by atoms with van der Waals surface area (Å²) in [5.41, 5.74) is 5.03. The number of hydrogen-bond acceptors (Lipinski definition) is 4. The van der Waals surface area contributed by atoms with Crippen molar-refractivity contribution in [1.29, 1.82) is 0 Å². The van der Waals surface area contributed by atoms with Gasteiger partial charge in [0.15, 0.2) is 5.78 Å². The quantitative estimate of drug-likeness (QED) is 0.524. The predicted molar refractivity (Wildman–Crippen MR) is 112 cm³/mol. The number of nitrogens with one attached hydrogen (secondary N) is 2. The van der Waals surface area contributed by atoms with Crippen molar-refractivity contribution in [3.63, 3.8) is 0 Å². The van der Waals surface area contributed by atoms with Gasteiger partial charge < -0.3 is 9.88 Å². The zero-order valence-electron chi connectivity index (χ0n) is 16.4. The summed E-state index contributed by atoms with van der Waals surface area (Å²) in [6.07, 6.45) is 3.84. The number of fused-ring (bicyclic) bond motifs is 1. The SMILES string of the molecule is O=C1NC(=O)[C@H](c2c[nH]c3ccccc23)[C@@H]1C(=O)C1CN2CCCc3cccc1c32. The van der Waals surface area contributed by atoms with Gasteiger partial charge in [0.1, 0.15) is 5.92 Å². The summed E-state index contributed by atoms with van der Waals surface area (Å²) in [7, 11) is 0. The molecule has 3 atom stereocenters. The highest BCUT2D eigenvalue weighted by molar-refractivity contribution is 6.19. The summed E-state index contributed by atoms with van der Waals surface area (Å²) in [4.78, 5) is 44.8. The van der Waals surface area contributed by atoms with Gasteiger partial charge in [0.25, 0.3) is 0 Å². The zero-order chi connectivity index (χ0) is 20.4. The number of carbonyl (C=O) groups excluding carboxylic acids is 3. The fourth-order valence-electron chi connectivity index (χ4n) is 5.56. The molecule has 2 aromatic carbocycles. The Labute approximate surface area is 173 Å². The van der Waals surface area contributed by atoms with E-state index in [1.807, 2.05) is 36.4 Å². The Morgan fingerprint density at radius 1 is 1.00 bits per heavy atom. The summed E-state index contributed by atoms with van der Waals surface area (Å²) >= 11 is 0. The standard InChI is InChI=1S/C24H21N3O3/c28-22(17-12-27-10-4-6-13-5-3-8-15(17)21(13)27)20-19(23(29)26-24(20)30)16-11-25-18-9-2-1-7-14(16)18/h1-3,5,7-9,11,17,19-20,25H,4,6,10,12H2,(H,26,29,30)/t17?,19-,20-/m1/s1. The third kappa shape index (κ3) is 2.33. The minimum Gasteiger partial charge on any atom is -0.370 e. The molecule has 0 aliphatic carbocycles. The number of carbonyl (C=O) groups is 3. The molecule has 3 aliphatic heterocycles. The van der Waals surface area contributed by atoms with Crippen LogP contribution in [0.4, 0.5) is 5.69 Å². The molecular formula is C24H21N3O3. The molecule has 3 aliphatic rings.